The third-order valence-corrected chi connectivity index (χ3v) is 4.55. The van der Waals surface area contributed by atoms with Crippen LogP contribution in [0.4, 0.5) is 4.39 Å². The Hall–Kier alpha value is -1.47. The number of benzene rings is 1. The van der Waals surface area contributed by atoms with Gasteiger partial charge >= 0.3 is 0 Å². The van der Waals surface area contributed by atoms with Crippen LogP contribution in [0.15, 0.2) is 24.3 Å². The average molecular weight is 330 g/mol. The van der Waals surface area contributed by atoms with E-state index in [1.807, 2.05) is 6.92 Å². The van der Waals surface area contributed by atoms with Gasteiger partial charge in [-0.3, -0.25) is 4.79 Å². The predicted molar refractivity (Wildman–Crippen MR) is 84.7 cm³/mol. The first-order chi connectivity index (χ1) is 10.4. The van der Waals surface area contributed by atoms with Crippen molar-refractivity contribution < 1.29 is 17.6 Å². The molecule has 5 nitrogen and oxygen atoms in total. The van der Waals surface area contributed by atoms with Gasteiger partial charge in [0.05, 0.1) is 11.8 Å². The Kier molecular flexibility index (Phi) is 7.47. The van der Waals surface area contributed by atoms with Gasteiger partial charge in [0.2, 0.25) is 10.0 Å². The third kappa shape index (κ3) is 6.11. The molecule has 0 saturated carbocycles. The zero-order valence-corrected chi connectivity index (χ0v) is 13.8. The van der Waals surface area contributed by atoms with Crippen LogP contribution in [0.2, 0.25) is 0 Å². The molecule has 1 aromatic rings. The number of nitrogens with zero attached hydrogens (tertiary/aromatic N) is 1. The van der Waals surface area contributed by atoms with Gasteiger partial charge in [0.15, 0.2) is 0 Å². The number of carbonyl (C=O) groups is 1. The molecule has 1 rings (SSSR count). The largest absolute Gasteiger partial charge is 0.351 e. The van der Waals surface area contributed by atoms with E-state index in [0.717, 1.165) is 25.5 Å². The van der Waals surface area contributed by atoms with Crippen LogP contribution in [0.5, 0.6) is 0 Å². The highest BCUT2D eigenvalue weighted by molar-refractivity contribution is 7.88. The molecule has 0 saturated heterocycles. The highest BCUT2D eigenvalue weighted by Gasteiger charge is 2.16. The lowest BCUT2D eigenvalue weighted by atomic mass is 10.2. The lowest BCUT2D eigenvalue weighted by molar-refractivity contribution is 0.0947. The summed E-state index contributed by atoms with van der Waals surface area (Å²) in [6.07, 6.45) is 3.89. The minimum absolute atomic E-state index is 0.0422. The van der Waals surface area contributed by atoms with Gasteiger partial charge in [-0.25, -0.2) is 17.1 Å². The van der Waals surface area contributed by atoms with E-state index in [1.165, 1.54) is 22.5 Å². The summed E-state index contributed by atoms with van der Waals surface area (Å²) >= 11 is 0. The molecule has 0 aliphatic carbocycles. The number of hydrogen-bond acceptors (Lipinski definition) is 3. The number of halogens is 1. The molecule has 22 heavy (non-hydrogen) atoms. The zero-order valence-electron chi connectivity index (χ0n) is 13.0. The molecule has 0 heterocycles. The maximum atomic E-state index is 13.5. The minimum atomic E-state index is -3.31. The zero-order chi connectivity index (χ0) is 16.6. The van der Waals surface area contributed by atoms with Crippen molar-refractivity contribution >= 4 is 15.9 Å². The van der Waals surface area contributed by atoms with Gasteiger partial charge in [-0.15, -0.1) is 0 Å². The van der Waals surface area contributed by atoms with Gasteiger partial charge in [0.1, 0.15) is 5.82 Å². The van der Waals surface area contributed by atoms with Crippen molar-refractivity contribution in [1.82, 2.24) is 9.62 Å². The number of sulfonamides is 1. The molecule has 0 fully saturated rings. The molecule has 0 aliphatic heterocycles. The maximum absolute atomic E-state index is 13.5. The SMILES string of the molecule is CCCCCN(CCNC(=O)c1ccccc1F)S(C)(=O)=O. The molecule has 1 N–H and O–H groups in total. The van der Waals surface area contributed by atoms with Crippen LogP contribution in [0.3, 0.4) is 0 Å². The molecule has 1 aromatic carbocycles. The Balaban J connectivity index is 2.52. The summed E-state index contributed by atoms with van der Waals surface area (Å²) in [7, 11) is -3.31. The molecule has 0 radical (unpaired) electrons. The Morgan fingerprint density at radius 2 is 1.91 bits per heavy atom. The van der Waals surface area contributed by atoms with E-state index in [2.05, 4.69) is 5.32 Å². The van der Waals surface area contributed by atoms with E-state index >= 15 is 0 Å². The van der Waals surface area contributed by atoms with E-state index < -0.39 is 21.7 Å². The van der Waals surface area contributed by atoms with Crippen molar-refractivity contribution in [2.45, 2.75) is 26.2 Å². The fourth-order valence-corrected chi connectivity index (χ4v) is 2.90. The average Bonchev–Trinajstić information content (AvgIpc) is 2.45. The number of hydrogen-bond donors (Lipinski definition) is 1. The predicted octanol–water partition coefficient (Wildman–Crippen LogP) is 2.01. The van der Waals surface area contributed by atoms with E-state index in [1.54, 1.807) is 6.07 Å². The maximum Gasteiger partial charge on any atom is 0.254 e. The smallest absolute Gasteiger partial charge is 0.254 e. The van der Waals surface area contributed by atoms with Gasteiger partial charge < -0.3 is 5.32 Å². The Bertz CT molecular complexity index is 590. The molecule has 124 valence electrons. The first-order valence-electron chi connectivity index (χ1n) is 7.34. The Morgan fingerprint density at radius 3 is 2.50 bits per heavy atom. The third-order valence-electron chi connectivity index (χ3n) is 3.25. The van der Waals surface area contributed by atoms with Gasteiger partial charge in [-0.2, -0.15) is 0 Å². The quantitative estimate of drug-likeness (QED) is 0.704. The van der Waals surface area contributed by atoms with Gasteiger partial charge in [0, 0.05) is 19.6 Å². The summed E-state index contributed by atoms with van der Waals surface area (Å²) in [6.45, 7) is 2.80. The summed E-state index contributed by atoms with van der Waals surface area (Å²) in [5, 5.41) is 2.55. The molecular formula is C15H23FN2O3S. The standard InChI is InChI=1S/C15H23FN2O3S/c1-3-4-7-11-18(22(2,20)21)12-10-17-15(19)13-8-5-6-9-14(13)16/h5-6,8-9H,3-4,7,10-12H2,1-2H3,(H,17,19). The second kappa shape index (κ2) is 8.85. The summed E-state index contributed by atoms with van der Waals surface area (Å²) in [5.74, 6) is -1.14. The highest BCUT2D eigenvalue weighted by atomic mass is 32.2. The fraction of sp³-hybridized carbons (Fsp3) is 0.533. The number of carbonyl (C=O) groups excluding carboxylic acids is 1. The molecule has 0 bridgehead atoms. The second-order valence-electron chi connectivity index (χ2n) is 5.10. The van der Waals surface area contributed by atoms with Crippen molar-refractivity contribution in [2.75, 3.05) is 25.9 Å². The number of amides is 1. The van der Waals surface area contributed by atoms with Crippen LogP contribution in [0.25, 0.3) is 0 Å². The van der Waals surface area contributed by atoms with Crippen LogP contribution in [0.1, 0.15) is 36.5 Å². The normalized spacial score (nSPS) is 11.6. The first-order valence-corrected chi connectivity index (χ1v) is 9.19. The van der Waals surface area contributed by atoms with Crippen molar-refractivity contribution in [2.24, 2.45) is 0 Å². The van der Waals surface area contributed by atoms with Crippen LogP contribution >= 0.6 is 0 Å². The Morgan fingerprint density at radius 1 is 1.23 bits per heavy atom. The number of rotatable bonds is 9. The molecule has 7 heteroatoms. The van der Waals surface area contributed by atoms with E-state index in [4.69, 9.17) is 0 Å². The van der Waals surface area contributed by atoms with Crippen molar-refractivity contribution in [3.05, 3.63) is 35.6 Å². The van der Waals surface area contributed by atoms with Crippen LogP contribution in [0, 0.1) is 5.82 Å². The van der Waals surface area contributed by atoms with Crippen molar-refractivity contribution in [1.29, 1.82) is 0 Å². The van der Waals surface area contributed by atoms with Crippen LogP contribution in [-0.2, 0) is 10.0 Å². The molecule has 0 unspecified atom stereocenters. The first kappa shape index (κ1) is 18.6. The Labute approximate surface area is 131 Å². The van der Waals surface area contributed by atoms with Crippen LogP contribution in [-0.4, -0.2) is 44.5 Å². The molecular weight excluding hydrogens is 307 g/mol. The number of unbranched alkanes of at least 4 members (excludes halogenated alkanes) is 2. The highest BCUT2D eigenvalue weighted by Crippen LogP contribution is 2.06. The second-order valence-corrected chi connectivity index (χ2v) is 7.09. The van der Waals surface area contributed by atoms with Gasteiger partial charge in [-0.1, -0.05) is 31.9 Å². The van der Waals surface area contributed by atoms with E-state index in [0.29, 0.717) is 6.54 Å². The minimum Gasteiger partial charge on any atom is -0.351 e. The van der Waals surface area contributed by atoms with Gasteiger partial charge in [-0.05, 0) is 18.6 Å². The lowest BCUT2D eigenvalue weighted by Gasteiger charge is -2.20. The number of nitrogens with one attached hydrogen (secondary N) is 1. The summed E-state index contributed by atoms with van der Waals surface area (Å²) in [5.41, 5.74) is -0.0422. The fourth-order valence-electron chi connectivity index (χ4n) is 2.02. The van der Waals surface area contributed by atoms with Gasteiger partial charge in [0.25, 0.3) is 5.91 Å². The molecule has 0 aliphatic rings. The van der Waals surface area contributed by atoms with Crippen molar-refractivity contribution in [3.63, 3.8) is 0 Å². The summed E-state index contributed by atoms with van der Waals surface area (Å²) in [4.78, 5) is 11.8. The summed E-state index contributed by atoms with van der Waals surface area (Å²) in [6, 6.07) is 5.68. The lowest BCUT2D eigenvalue weighted by Crippen LogP contribution is -2.38. The molecule has 1 amide bonds. The van der Waals surface area contributed by atoms with Crippen LogP contribution < -0.4 is 5.32 Å². The van der Waals surface area contributed by atoms with E-state index in [-0.39, 0.29) is 18.7 Å². The molecule has 0 aromatic heterocycles. The molecule has 0 spiro atoms. The van der Waals surface area contributed by atoms with E-state index in [9.17, 15) is 17.6 Å². The topological polar surface area (TPSA) is 66.5 Å². The van der Waals surface area contributed by atoms with Crippen molar-refractivity contribution in [3.8, 4) is 0 Å². The monoisotopic (exact) mass is 330 g/mol. The summed E-state index contributed by atoms with van der Waals surface area (Å²) < 4.78 is 38.1. The molecule has 0 atom stereocenters.